The number of aromatic nitrogens is 6. The summed E-state index contributed by atoms with van der Waals surface area (Å²) in [6.45, 7) is 5.77. The van der Waals surface area contributed by atoms with Gasteiger partial charge in [0, 0.05) is 39.1 Å². The molecule has 1 aromatic carbocycles. The third-order valence-electron chi connectivity index (χ3n) is 5.71. The van der Waals surface area contributed by atoms with Gasteiger partial charge in [-0.2, -0.15) is 0 Å². The topological polar surface area (TPSA) is 111 Å². The van der Waals surface area contributed by atoms with Gasteiger partial charge in [0.05, 0.1) is 42.3 Å². The van der Waals surface area contributed by atoms with Crippen molar-refractivity contribution in [1.82, 2.24) is 34.4 Å². The first-order valence-corrected chi connectivity index (χ1v) is 11.7. The zero-order valence-corrected chi connectivity index (χ0v) is 21.6. The van der Waals surface area contributed by atoms with Crippen LogP contribution in [-0.4, -0.2) is 82.0 Å². The lowest BCUT2D eigenvalue weighted by molar-refractivity contribution is 0.292. The Labute approximate surface area is 215 Å². The van der Waals surface area contributed by atoms with E-state index in [-0.39, 0.29) is 6.04 Å². The van der Waals surface area contributed by atoms with E-state index in [2.05, 4.69) is 53.5 Å². The van der Waals surface area contributed by atoms with Crippen LogP contribution in [0.5, 0.6) is 0 Å². The van der Waals surface area contributed by atoms with Crippen LogP contribution in [-0.2, 0) is 4.74 Å². The van der Waals surface area contributed by atoms with Gasteiger partial charge in [0.25, 0.3) is 0 Å². The third-order valence-corrected chi connectivity index (χ3v) is 5.71. The third kappa shape index (κ3) is 5.15. The first kappa shape index (κ1) is 25.4. The van der Waals surface area contributed by atoms with Crippen LogP contribution >= 0.6 is 0 Å². The number of aliphatic imine (C=N–C) groups is 3. The number of nitrogens with zero attached hydrogens (tertiary/aromatic N) is 10. The van der Waals surface area contributed by atoms with Crippen molar-refractivity contribution in [3.8, 4) is 5.69 Å². The van der Waals surface area contributed by atoms with Crippen LogP contribution in [0.15, 0.2) is 69.9 Å². The van der Waals surface area contributed by atoms with Gasteiger partial charge in [-0.25, -0.2) is 24.6 Å². The summed E-state index contributed by atoms with van der Waals surface area (Å²) in [6, 6.07) is 9.72. The number of para-hydroxylation sites is 1. The van der Waals surface area contributed by atoms with Crippen molar-refractivity contribution >= 4 is 41.7 Å². The van der Waals surface area contributed by atoms with Crippen LogP contribution in [0.3, 0.4) is 0 Å². The molecule has 0 amide bonds. The summed E-state index contributed by atoms with van der Waals surface area (Å²) in [5.74, 6) is 0.843. The van der Waals surface area contributed by atoms with Crippen LogP contribution < -0.4 is 0 Å². The maximum atomic E-state index is 5.53. The molecule has 190 valence electrons. The van der Waals surface area contributed by atoms with Gasteiger partial charge in [0.15, 0.2) is 5.82 Å². The van der Waals surface area contributed by atoms with Gasteiger partial charge in [-0.1, -0.05) is 30.3 Å². The van der Waals surface area contributed by atoms with E-state index in [1.165, 1.54) is 6.33 Å². The van der Waals surface area contributed by atoms with Gasteiger partial charge in [0.1, 0.15) is 17.7 Å². The fourth-order valence-electron chi connectivity index (χ4n) is 4.09. The maximum Gasteiger partial charge on any atom is 0.222 e. The number of rotatable bonds is 10. The van der Waals surface area contributed by atoms with Crippen LogP contribution in [0.25, 0.3) is 22.3 Å². The molecule has 4 rings (SSSR count). The van der Waals surface area contributed by atoms with Crippen LogP contribution in [0.2, 0.25) is 0 Å². The Balaban J connectivity index is 1.97. The van der Waals surface area contributed by atoms with Crippen molar-refractivity contribution in [2.45, 2.75) is 19.4 Å². The number of benzene rings is 1. The summed E-state index contributed by atoms with van der Waals surface area (Å²) < 4.78 is 9.37. The van der Waals surface area contributed by atoms with Gasteiger partial charge in [-0.3, -0.25) is 4.99 Å². The first-order chi connectivity index (χ1) is 18.0. The maximum absolute atomic E-state index is 5.53. The fourth-order valence-corrected chi connectivity index (χ4v) is 4.09. The number of ether oxygens (including phenoxy) is 1. The summed E-state index contributed by atoms with van der Waals surface area (Å²) >= 11 is 0. The normalized spacial score (nSPS) is 13.3. The molecule has 0 bridgehead atoms. The van der Waals surface area contributed by atoms with Crippen molar-refractivity contribution in [3.63, 3.8) is 0 Å². The average Bonchev–Trinajstić information content (AvgIpc) is 3.55. The standard InChI is InChI=1S/C26H30N10O/c1-7-22(21-15-36(33-32-21)18-11-9-8-10-12-18)35-14-20(19(13-27-2)26(28-3)37-6)23-24(31-17-34(4)5)29-16-30-25(23)35/h8-17,22H,3,7H2,1-2,4-6H3/b26-19-,27-13-,31-17+. The van der Waals surface area contributed by atoms with Gasteiger partial charge < -0.3 is 14.2 Å². The monoisotopic (exact) mass is 498 g/mol. The highest BCUT2D eigenvalue weighted by Crippen LogP contribution is 2.36. The first-order valence-electron chi connectivity index (χ1n) is 11.7. The second kappa shape index (κ2) is 11.4. The van der Waals surface area contributed by atoms with Crippen molar-refractivity contribution < 1.29 is 4.74 Å². The Kier molecular flexibility index (Phi) is 7.82. The Morgan fingerprint density at radius 1 is 1.19 bits per heavy atom. The van der Waals surface area contributed by atoms with E-state index >= 15 is 0 Å². The number of allylic oxidation sites excluding steroid dienone is 1. The molecule has 37 heavy (non-hydrogen) atoms. The van der Waals surface area contributed by atoms with E-state index in [0.29, 0.717) is 22.9 Å². The Morgan fingerprint density at radius 2 is 1.97 bits per heavy atom. The molecule has 0 saturated carbocycles. The summed E-state index contributed by atoms with van der Waals surface area (Å²) in [6.07, 6.45) is 9.58. The molecule has 0 saturated heterocycles. The van der Waals surface area contributed by atoms with Crippen molar-refractivity contribution in [1.29, 1.82) is 0 Å². The quantitative estimate of drug-likeness (QED) is 0.186. The predicted octanol–water partition coefficient (Wildman–Crippen LogP) is 3.95. The highest BCUT2D eigenvalue weighted by Gasteiger charge is 2.25. The van der Waals surface area contributed by atoms with Crippen molar-refractivity contribution in [2.24, 2.45) is 15.0 Å². The highest BCUT2D eigenvalue weighted by atomic mass is 16.5. The summed E-state index contributed by atoms with van der Waals surface area (Å²) in [5.41, 5.74) is 3.84. The molecule has 0 fully saturated rings. The minimum Gasteiger partial charge on any atom is -0.481 e. The molecule has 0 spiro atoms. The Hall–Kier alpha value is -4.67. The molecule has 0 aliphatic carbocycles. The minimum atomic E-state index is -0.156. The molecular weight excluding hydrogens is 468 g/mol. The zero-order chi connectivity index (χ0) is 26.4. The summed E-state index contributed by atoms with van der Waals surface area (Å²) in [7, 11) is 7.03. The van der Waals surface area contributed by atoms with Gasteiger partial charge >= 0.3 is 0 Å². The van der Waals surface area contributed by atoms with E-state index < -0.39 is 0 Å². The van der Waals surface area contributed by atoms with Crippen LogP contribution in [0.1, 0.15) is 30.6 Å². The molecule has 3 aromatic heterocycles. The van der Waals surface area contributed by atoms with E-state index in [0.717, 1.165) is 28.8 Å². The molecule has 11 heteroatoms. The van der Waals surface area contributed by atoms with Crippen molar-refractivity contribution in [2.75, 3.05) is 28.3 Å². The molecule has 0 radical (unpaired) electrons. The smallest absolute Gasteiger partial charge is 0.222 e. The number of fused-ring (bicyclic) bond motifs is 1. The molecule has 0 aliphatic heterocycles. The van der Waals surface area contributed by atoms with E-state index in [1.54, 1.807) is 31.4 Å². The van der Waals surface area contributed by atoms with Crippen LogP contribution in [0.4, 0.5) is 5.82 Å². The Bertz CT molecular complexity index is 1460. The van der Waals surface area contributed by atoms with E-state index in [9.17, 15) is 0 Å². The predicted molar refractivity (Wildman–Crippen MR) is 147 cm³/mol. The lowest BCUT2D eigenvalue weighted by Crippen LogP contribution is -2.10. The minimum absolute atomic E-state index is 0.156. The second-order valence-electron chi connectivity index (χ2n) is 8.37. The number of hydrogen-bond donors (Lipinski definition) is 0. The Morgan fingerprint density at radius 3 is 2.62 bits per heavy atom. The van der Waals surface area contributed by atoms with E-state index in [4.69, 9.17) is 4.74 Å². The average molecular weight is 499 g/mol. The molecule has 0 N–H and O–H groups in total. The summed E-state index contributed by atoms with van der Waals surface area (Å²) in [5, 5.41) is 9.62. The number of methoxy groups -OCH3 is 1. The second-order valence-corrected chi connectivity index (χ2v) is 8.37. The fraction of sp³-hybridized carbons (Fsp3) is 0.269. The molecule has 1 unspecified atom stereocenters. The van der Waals surface area contributed by atoms with E-state index in [1.807, 2.05) is 61.7 Å². The lowest BCUT2D eigenvalue weighted by Gasteiger charge is -2.15. The lowest BCUT2D eigenvalue weighted by atomic mass is 10.1. The van der Waals surface area contributed by atoms with Gasteiger partial charge in [-0.05, 0) is 25.3 Å². The molecule has 4 aromatic rings. The zero-order valence-electron chi connectivity index (χ0n) is 21.6. The van der Waals surface area contributed by atoms with Gasteiger partial charge in [-0.15, -0.1) is 5.10 Å². The van der Waals surface area contributed by atoms with Crippen molar-refractivity contribution in [3.05, 3.63) is 66.2 Å². The number of hydrogen-bond acceptors (Lipinski definition) is 8. The van der Waals surface area contributed by atoms with Gasteiger partial charge in [0.2, 0.25) is 5.88 Å². The molecule has 11 nitrogen and oxygen atoms in total. The molecule has 3 heterocycles. The SMILES string of the molecule is C=N/C(OC)=C(\C=N/C)c1cn(C(CC)c2cn(-c3ccccc3)nn2)c2ncnc(/N=C/N(C)C)c12. The largest absolute Gasteiger partial charge is 0.481 e. The molecule has 0 aliphatic rings. The molecular formula is C26H30N10O. The summed E-state index contributed by atoms with van der Waals surface area (Å²) in [4.78, 5) is 23.9. The molecule has 1 atom stereocenters. The highest BCUT2D eigenvalue weighted by molar-refractivity contribution is 6.16. The van der Waals surface area contributed by atoms with Crippen LogP contribution in [0, 0.1) is 0 Å².